The molecule has 2 rings (SSSR count). The summed E-state index contributed by atoms with van der Waals surface area (Å²) in [5.41, 5.74) is 7.57. The van der Waals surface area contributed by atoms with E-state index in [2.05, 4.69) is 0 Å². The lowest BCUT2D eigenvalue weighted by atomic mass is 10.1. The van der Waals surface area contributed by atoms with Crippen molar-refractivity contribution in [3.8, 4) is 11.5 Å². The van der Waals surface area contributed by atoms with Crippen LogP contribution in [0.1, 0.15) is 24.1 Å². The van der Waals surface area contributed by atoms with E-state index in [1.807, 2.05) is 31.2 Å². The highest BCUT2D eigenvalue weighted by Crippen LogP contribution is 2.21. The molecule has 0 spiro atoms. The molecule has 0 bridgehead atoms. The minimum Gasteiger partial charge on any atom is -0.494 e. The van der Waals surface area contributed by atoms with Crippen LogP contribution in [-0.2, 0) is 6.61 Å². The van der Waals surface area contributed by atoms with E-state index in [9.17, 15) is 4.39 Å². The molecule has 0 aliphatic rings. The normalized spacial score (nSPS) is 12.0. The number of nitrogens with two attached hydrogens (primary N) is 1. The van der Waals surface area contributed by atoms with Crippen molar-refractivity contribution in [1.82, 2.24) is 0 Å². The van der Waals surface area contributed by atoms with Crippen LogP contribution in [-0.4, -0.2) is 7.11 Å². The van der Waals surface area contributed by atoms with Gasteiger partial charge in [0.25, 0.3) is 0 Å². The highest BCUT2D eigenvalue weighted by molar-refractivity contribution is 5.32. The van der Waals surface area contributed by atoms with Crippen molar-refractivity contribution in [2.45, 2.75) is 19.6 Å². The van der Waals surface area contributed by atoms with Gasteiger partial charge in [0.2, 0.25) is 0 Å². The van der Waals surface area contributed by atoms with Gasteiger partial charge in [-0.3, -0.25) is 0 Å². The van der Waals surface area contributed by atoms with E-state index in [1.54, 1.807) is 12.1 Å². The molecule has 0 aromatic heterocycles. The third-order valence-corrected chi connectivity index (χ3v) is 3.01. The third kappa shape index (κ3) is 3.48. The van der Waals surface area contributed by atoms with E-state index in [1.165, 1.54) is 13.2 Å². The number of ether oxygens (including phenoxy) is 2. The van der Waals surface area contributed by atoms with Crippen LogP contribution in [0.3, 0.4) is 0 Å². The first-order chi connectivity index (χ1) is 9.60. The molecule has 0 saturated heterocycles. The molecule has 2 N–H and O–H groups in total. The second kappa shape index (κ2) is 6.39. The third-order valence-electron chi connectivity index (χ3n) is 3.01. The number of rotatable bonds is 5. The zero-order chi connectivity index (χ0) is 14.5. The lowest BCUT2D eigenvalue weighted by Gasteiger charge is -2.10. The van der Waals surface area contributed by atoms with Crippen LogP contribution in [0.5, 0.6) is 11.5 Å². The standard InChI is InChI=1S/C16H18FNO2/c1-11(18)13-4-3-5-14(9-13)20-10-12-6-7-16(19-2)15(17)8-12/h3-9,11H,10,18H2,1-2H3/t11-/m0/s1. The Labute approximate surface area is 118 Å². The molecule has 3 nitrogen and oxygen atoms in total. The summed E-state index contributed by atoms with van der Waals surface area (Å²) < 4.78 is 24.1. The molecule has 106 valence electrons. The van der Waals surface area contributed by atoms with Gasteiger partial charge in [-0.2, -0.15) is 0 Å². The average molecular weight is 275 g/mol. The fraction of sp³-hybridized carbons (Fsp3) is 0.250. The molecule has 4 heteroatoms. The Morgan fingerprint density at radius 2 is 2.00 bits per heavy atom. The molecule has 0 saturated carbocycles. The zero-order valence-corrected chi connectivity index (χ0v) is 11.6. The Hall–Kier alpha value is -2.07. The first kappa shape index (κ1) is 14.3. The molecule has 0 aliphatic carbocycles. The Kier molecular flexibility index (Phi) is 4.58. The van der Waals surface area contributed by atoms with Gasteiger partial charge in [0.15, 0.2) is 11.6 Å². The number of benzene rings is 2. The largest absolute Gasteiger partial charge is 0.494 e. The maximum atomic E-state index is 13.5. The molecule has 0 unspecified atom stereocenters. The lowest BCUT2D eigenvalue weighted by Crippen LogP contribution is -2.05. The highest BCUT2D eigenvalue weighted by Gasteiger charge is 2.05. The molecule has 2 aromatic rings. The van der Waals surface area contributed by atoms with E-state index in [0.29, 0.717) is 6.61 Å². The number of halogens is 1. The van der Waals surface area contributed by atoms with Gasteiger partial charge in [-0.05, 0) is 42.3 Å². The van der Waals surface area contributed by atoms with E-state index < -0.39 is 5.82 Å². The Bertz CT molecular complexity index is 584. The molecule has 0 amide bonds. The summed E-state index contributed by atoms with van der Waals surface area (Å²) >= 11 is 0. The fourth-order valence-electron chi connectivity index (χ4n) is 1.85. The Balaban J connectivity index is 2.05. The summed E-state index contributed by atoms with van der Waals surface area (Å²) in [5.74, 6) is 0.557. The van der Waals surface area contributed by atoms with E-state index in [4.69, 9.17) is 15.2 Å². The van der Waals surface area contributed by atoms with Crippen LogP contribution < -0.4 is 15.2 Å². The lowest BCUT2D eigenvalue weighted by molar-refractivity contribution is 0.304. The van der Waals surface area contributed by atoms with Crippen LogP contribution in [0.2, 0.25) is 0 Å². The van der Waals surface area contributed by atoms with Gasteiger partial charge in [0.1, 0.15) is 12.4 Å². The molecule has 0 radical (unpaired) electrons. The van der Waals surface area contributed by atoms with Crippen molar-refractivity contribution in [3.63, 3.8) is 0 Å². The minimum absolute atomic E-state index is 0.0445. The number of hydrogen-bond donors (Lipinski definition) is 1. The van der Waals surface area contributed by atoms with E-state index in [0.717, 1.165) is 16.9 Å². The first-order valence-corrected chi connectivity index (χ1v) is 6.41. The van der Waals surface area contributed by atoms with E-state index >= 15 is 0 Å². The van der Waals surface area contributed by atoms with Crippen LogP contribution in [0, 0.1) is 5.82 Å². The van der Waals surface area contributed by atoms with Gasteiger partial charge in [0, 0.05) is 6.04 Å². The van der Waals surface area contributed by atoms with Crippen LogP contribution in [0.25, 0.3) is 0 Å². The average Bonchev–Trinajstić information content (AvgIpc) is 2.45. The number of hydrogen-bond acceptors (Lipinski definition) is 3. The first-order valence-electron chi connectivity index (χ1n) is 6.41. The summed E-state index contributed by atoms with van der Waals surface area (Å²) in [5, 5.41) is 0. The molecule has 0 fully saturated rings. The van der Waals surface area contributed by atoms with Gasteiger partial charge in [-0.25, -0.2) is 4.39 Å². The predicted molar refractivity (Wildman–Crippen MR) is 76.3 cm³/mol. The monoisotopic (exact) mass is 275 g/mol. The van der Waals surface area contributed by atoms with Gasteiger partial charge in [-0.1, -0.05) is 18.2 Å². The van der Waals surface area contributed by atoms with Crippen molar-refractivity contribution in [2.24, 2.45) is 5.73 Å². The summed E-state index contributed by atoms with van der Waals surface area (Å²) in [6, 6.07) is 12.3. The maximum Gasteiger partial charge on any atom is 0.165 e. The molecular weight excluding hydrogens is 257 g/mol. The second-order valence-electron chi connectivity index (χ2n) is 4.62. The molecule has 20 heavy (non-hydrogen) atoms. The SMILES string of the molecule is COc1ccc(COc2cccc([C@H](C)N)c2)cc1F. The van der Waals surface area contributed by atoms with Gasteiger partial charge in [0.05, 0.1) is 7.11 Å². The van der Waals surface area contributed by atoms with Crippen molar-refractivity contribution in [2.75, 3.05) is 7.11 Å². The molecular formula is C16H18FNO2. The van der Waals surface area contributed by atoms with Crippen molar-refractivity contribution in [1.29, 1.82) is 0 Å². The fourth-order valence-corrected chi connectivity index (χ4v) is 1.85. The summed E-state index contributed by atoms with van der Waals surface area (Å²) in [7, 11) is 1.44. The topological polar surface area (TPSA) is 44.5 Å². The Morgan fingerprint density at radius 1 is 1.20 bits per heavy atom. The smallest absolute Gasteiger partial charge is 0.165 e. The van der Waals surface area contributed by atoms with Crippen LogP contribution >= 0.6 is 0 Å². The summed E-state index contributed by atoms with van der Waals surface area (Å²) in [6.07, 6.45) is 0. The van der Waals surface area contributed by atoms with Crippen molar-refractivity contribution < 1.29 is 13.9 Å². The van der Waals surface area contributed by atoms with Crippen molar-refractivity contribution in [3.05, 3.63) is 59.4 Å². The van der Waals surface area contributed by atoms with Gasteiger partial charge >= 0.3 is 0 Å². The van der Waals surface area contributed by atoms with Gasteiger partial charge < -0.3 is 15.2 Å². The molecule has 0 heterocycles. The van der Waals surface area contributed by atoms with Crippen molar-refractivity contribution >= 4 is 0 Å². The summed E-state index contributed by atoms with van der Waals surface area (Å²) in [6.45, 7) is 2.21. The zero-order valence-electron chi connectivity index (χ0n) is 11.6. The minimum atomic E-state index is -0.391. The molecule has 2 aromatic carbocycles. The Morgan fingerprint density at radius 3 is 2.65 bits per heavy atom. The van der Waals surface area contributed by atoms with Crippen LogP contribution in [0.15, 0.2) is 42.5 Å². The van der Waals surface area contributed by atoms with Crippen LogP contribution in [0.4, 0.5) is 4.39 Å². The quantitative estimate of drug-likeness (QED) is 0.909. The predicted octanol–water partition coefficient (Wildman–Crippen LogP) is 3.43. The summed E-state index contributed by atoms with van der Waals surface area (Å²) in [4.78, 5) is 0. The second-order valence-corrected chi connectivity index (χ2v) is 4.62. The van der Waals surface area contributed by atoms with Gasteiger partial charge in [-0.15, -0.1) is 0 Å². The maximum absolute atomic E-state index is 13.5. The molecule has 0 aliphatic heterocycles. The highest BCUT2D eigenvalue weighted by atomic mass is 19.1. The number of methoxy groups -OCH3 is 1. The molecule has 1 atom stereocenters. The van der Waals surface area contributed by atoms with E-state index in [-0.39, 0.29) is 11.8 Å².